The summed E-state index contributed by atoms with van der Waals surface area (Å²) in [5.74, 6) is -4.06. The molecule has 2 aliphatic heterocycles. The highest BCUT2D eigenvalue weighted by Gasteiger charge is 2.50. The highest BCUT2D eigenvalue weighted by atomic mass is 79.9. The van der Waals surface area contributed by atoms with Crippen molar-refractivity contribution in [1.29, 1.82) is 0 Å². The SMILES string of the molecule is COC(=O)[C@@H]1[C@@H](CC(=O)OC(C)(C)C)C(Sc2cccc(Br)c2)CN1C(=O)c1ccccc1.Cl.O=C(O)C[C@H]1C(Sc2cccc(Br)c2)CN[C@@H]1C(=O)O. The van der Waals surface area contributed by atoms with Gasteiger partial charge in [0.1, 0.15) is 17.7 Å². The third kappa shape index (κ3) is 13.0. The minimum atomic E-state index is -0.992. The van der Waals surface area contributed by atoms with Gasteiger partial charge in [0.15, 0.2) is 0 Å². The van der Waals surface area contributed by atoms with E-state index in [1.165, 1.54) is 23.8 Å². The van der Waals surface area contributed by atoms with Gasteiger partial charge in [-0.05, 0) is 69.3 Å². The summed E-state index contributed by atoms with van der Waals surface area (Å²) in [6.45, 7) is 6.20. The normalized spacial score (nSPS) is 21.9. The molecule has 11 nitrogen and oxygen atoms in total. The number of nitrogens with zero attached hydrogens (tertiary/aromatic N) is 1. The van der Waals surface area contributed by atoms with E-state index in [9.17, 15) is 24.0 Å². The lowest BCUT2D eigenvalue weighted by atomic mass is 9.95. The minimum Gasteiger partial charge on any atom is -0.481 e. The number of ether oxygens (including phenoxy) is 2. The predicted molar refractivity (Wildman–Crippen MR) is 217 cm³/mol. The summed E-state index contributed by atoms with van der Waals surface area (Å²) < 4.78 is 12.5. The number of thioether (sulfide) groups is 2. The number of hydrogen-bond acceptors (Lipinski definition) is 10. The summed E-state index contributed by atoms with van der Waals surface area (Å²) >= 11 is 9.93. The van der Waals surface area contributed by atoms with Gasteiger partial charge in [-0.25, -0.2) is 4.79 Å². The quantitative estimate of drug-likeness (QED) is 0.164. The third-order valence-electron chi connectivity index (χ3n) is 8.43. The number of methoxy groups -OCH3 is 1. The second-order valence-corrected chi connectivity index (χ2v) is 17.9. The van der Waals surface area contributed by atoms with Gasteiger partial charge in [0.25, 0.3) is 5.91 Å². The Kier molecular flexibility index (Phi) is 17.4. The number of nitrogens with one attached hydrogen (secondary N) is 1. The molecular weight excluding hydrogens is 888 g/mol. The Morgan fingerprint density at radius 1 is 0.833 bits per heavy atom. The maximum Gasteiger partial charge on any atom is 0.328 e. The number of carbonyl (C=O) groups is 5. The smallest absolute Gasteiger partial charge is 0.328 e. The summed E-state index contributed by atoms with van der Waals surface area (Å²) in [5, 5.41) is 20.7. The fraction of sp³-hybridized carbons (Fsp3) is 0.395. The average molecular weight is 931 g/mol. The third-order valence-corrected chi connectivity index (χ3v) is 12.1. The highest BCUT2D eigenvalue weighted by Crippen LogP contribution is 2.41. The van der Waals surface area contributed by atoms with Crippen LogP contribution in [0.4, 0.5) is 0 Å². The van der Waals surface area contributed by atoms with Crippen LogP contribution in [0.5, 0.6) is 0 Å². The lowest BCUT2D eigenvalue weighted by molar-refractivity contribution is -0.157. The fourth-order valence-corrected chi connectivity index (χ4v) is 10.0. The first kappa shape index (κ1) is 45.3. The number of aliphatic carboxylic acids is 2. The van der Waals surface area contributed by atoms with Crippen molar-refractivity contribution < 1.29 is 43.7 Å². The summed E-state index contributed by atoms with van der Waals surface area (Å²) in [6, 6.07) is 22.6. The summed E-state index contributed by atoms with van der Waals surface area (Å²) in [7, 11) is 1.30. The summed E-state index contributed by atoms with van der Waals surface area (Å²) in [6.07, 6.45) is -0.142. The molecule has 0 bridgehead atoms. The molecule has 3 aromatic carbocycles. The van der Waals surface area contributed by atoms with Crippen LogP contribution < -0.4 is 5.32 Å². The van der Waals surface area contributed by atoms with Gasteiger partial charge in [-0.15, -0.1) is 35.9 Å². The Bertz CT molecular complexity index is 1780. The lowest BCUT2D eigenvalue weighted by Gasteiger charge is -2.27. The van der Waals surface area contributed by atoms with E-state index in [2.05, 4.69) is 37.2 Å². The highest BCUT2D eigenvalue weighted by molar-refractivity contribution is 9.10. The maximum atomic E-state index is 13.4. The monoisotopic (exact) mass is 928 g/mol. The van der Waals surface area contributed by atoms with Gasteiger partial charge < -0.3 is 29.9 Å². The van der Waals surface area contributed by atoms with E-state index in [0.29, 0.717) is 18.7 Å². The Morgan fingerprint density at radius 2 is 1.41 bits per heavy atom. The zero-order valence-electron chi connectivity index (χ0n) is 30.0. The molecule has 0 aliphatic carbocycles. The van der Waals surface area contributed by atoms with Crippen molar-refractivity contribution in [1.82, 2.24) is 10.2 Å². The molecule has 3 aromatic rings. The van der Waals surface area contributed by atoms with Crippen molar-refractivity contribution in [2.24, 2.45) is 11.8 Å². The molecule has 2 aliphatic rings. The van der Waals surface area contributed by atoms with Gasteiger partial charge in [-0.3, -0.25) is 19.2 Å². The molecule has 1 amide bonds. The Hall–Kier alpha value is -3.08. The second-order valence-electron chi connectivity index (χ2n) is 13.5. The first-order valence-electron chi connectivity index (χ1n) is 16.7. The number of carboxylic acids is 2. The molecule has 0 saturated carbocycles. The minimum absolute atomic E-state index is 0. The molecule has 292 valence electrons. The van der Waals surface area contributed by atoms with Gasteiger partial charge in [0.2, 0.25) is 0 Å². The van der Waals surface area contributed by atoms with Gasteiger partial charge in [0, 0.05) is 59.7 Å². The lowest BCUT2D eigenvalue weighted by Crippen LogP contribution is -2.44. The molecule has 6 atom stereocenters. The van der Waals surface area contributed by atoms with Gasteiger partial charge >= 0.3 is 23.9 Å². The number of rotatable bonds is 11. The number of benzene rings is 3. The zero-order chi connectivity index (χ0) is 38.9. The molecule has 2 heterocycles. The van der Waals surface area contributed by atoms with E-state index in [1.54, 1.807) is 56.8 Å². The molecule has 5 rings (SSSR count). The summed E-state index contributed by atoms with van der Waals surface area (Å²) in [5.41, 5.74) is -0.168. The van der Waals surface area contributed by atoms with Crippen molar-refractivity contribution in [3.63, 3.8) is 0 Å². The van der Waals surface area contributed by atoms with Gasteiger partial charge in [0.05, 0.1) is 20.0 Å². The second kappa shape index (κ2) is 20.7. The Labute approximate surface area is 346 Å². The number of esters is 2. The van der Waals surface area contributed by atoms with Crippen LogP contribution >= 0.6 is 67.8 Å². The van der Waals surface area contributed by atoms with Crippen molar-refractivity contribution in [2.75, 3.05) is 20.2 Å². The molecule has 0 aromatic heterocycles. The van der Waals surface area contributed by atoms with Gasteiger partial charge in [-0.2, -0.15) is 0 Å². The van der Waals surface area contributed by atoms with E-state index in [1.807, 2.05) is 54.6 Å². The van der Waals surface area contributed by atoms with Crippen molar-refractivity contribution >= 4 is 97.6 Å². The van der Waals surface area contributed by atoms with Crippen LogP contribution in [-0.4, -0.2) is 93.3 Å². The Balaban J connectivity index is 0.000000320. The van der Waals surface area contributed by atoms with Crippen molar-refractivity contribution in [3.05, 3.63) is 93.4 Å². The molecule has 0 radical (unpaired) electrons. The molecule has 54 heavy (non-hydrogen) atoms. The number of amides is 1. The first-order chi connectivity index (χ1) is 25.1. The van der Waals surface area contributed by atoms with Crippen LogP contribution in [0.25, 0.3) is 0 Å². The number of carbonyl (C=O) groups excluding carboxylic acids is 3. The molecule has 3 N–H and O–H groups in total. The summed E-state index contributed by atoms with van der Waals surface area (Å²) in [4.78, 5) is 64.7. The van der Waals surface area contributed by atoms with Gasteiger partial charge in [-0.1, -0.05) is 62.2 Å². The molecule has 2 fully saturated rings. The number of carboxylic acid groups (broad SMARTS) is 2. The number of halogens is 3. The van der Waals surface area contributed by atoms with Crippen molar-refractivity contribution in [2.45, 2.75) is 71.6 Å². The van der Waals surface area contributed by atoms with E-state index in [0.717, 1.165) is 18.7 Å². The molecule has 2 unspecified atom stereocenters. The first-order valence-corrected chi connectivity index (χ1v) is 20.1. The predicted octanol–water partition coefficient (Wildman–Crippen LogP) is 7.43. The van der Waals surface area contributed by atoms with Crippen molar-refractivity contribution in [3.8, 4) is 0 Å². The van der Waals surface area contributed by atoms with Crippen LogP contribution in [0.1, 0.15) is 44.0 Å². The Morgan fingerprint density at radius 3 is 1.91 bits per heavy atom. The van der Waals surface area contributed by atoms with E-state index < -0.39 is 53.4 Å². The number of hydrogen-bond donors (Lipinski definition) is 3. The van der Waals surface area contributed by atoms with E-state index in [4.69, 9.17) is 19.7 Å². The largest absolute Gasteiger partial charge is 0.481 e. The zero-order valence-corrected chi connectivity index (χ0v) is 35.6. The van der Waals surface area contributed by atoms with Crippen LogP contribution in [0, 0.1) is 11.8 Å². The van der Waals surface area contributed by atoms with Crippen LogP contribution in [0.2, 0.25) is 0 Å². The van der Waals surface area contributed by atoms with Crippen LogP contribution in [-0.2, 0) is 28.7 Å². The fourth-order valence-electron chi connectivity index (χ4n) is 6.24. The topological polar surface area (TPSA) is 160 Å². The standard InChI is InChI=1S/C25H28BrNO5S.C13H14BrNO4S.ClH/c1-25(2,3)32-21(28)14-19-20(33-18-12-8-11-17(26)13-18)15-27(22(19)24(30)31-4)23(29)16-9-6-5-7-10-16;14-7-2-1-3-8(4-7)20-10-6-15-12(13(18)19)9(10)5-11(16)17;/h5-13,19-20,22H,14-15H2,1-4H3;1-4,9-10,12,15H,5-6H2,(H,16,17)(H,18,19);1H/t19-,20?,22-;9-,10?,12-;/m00./s1. The van der Waals surface area contributed by atoms with E-state index >= 15 is 0 Å². The maximum absolute atomic E-state index is 13.4. The van der Waals surface area contributed by atoms with Crippen LogP contribution in [0.15, 0.2) is 97.6 Å². The molecular formula is C38H43Br2ClN2O9S2. The van der Waals surface area contributed by atoms with Crippen LogP contribution in [0.3, 0.4) is 0 Å². The van der Waals surface area contributed by atoms with E-state index in [-0.39, 0.29) is 41.7 Å². The molecule has 2 saturated heterocycles. The molecule has 0 spiro atoms. The molecule has 16 heteroatoms. The number of likely N-dealkylation sites (tertiary alicyclic amines) is 1. The average Bonchev–Trinajstić information content (AvgIpc) is 3.64.